The zero-order valence-corrected chi connectivity index (χ0v) is 8.77. The molecule has 0 amide bonds. The van der Waals surface area contributed by atoms with Crippen molar-refractivity contribution in [3.63, 3.8) is 0 Å². The molecule has 76 valence electrons. The van der Waals surface area contributed by atoms with Crippen LogP contribution in [0, 0.1) is 6.92 Å². The monoisotopic (exact) mass is 200 g/mol. The Hall–Kier alpha value is -1.90. The number of hydrogen-bond acceptors (Lipinski definition) is 3. The van der Waals surface area contributed by atoms with Crippen LogP contribution in [-0.2, 0) is 0 Å². The fraction of sp³-hybridized carbons (Fsp3) is 0.167. The van der Waals surface area contributed by atoms with Gasteiger partial charge in [0.2, 0.25) is 5.88 Å². The number of aromatic nitrogens is 2. The Balaban J connectivity index is 2.49. The lowest BCUT2D eigenvalue weighted by molar-refractivity contribution is 0.398. The number of nitrogens with zero attached hydrogens (tertiary/aromatic N) is 2. The number of methoxy groups -OCH3 is 1. The standard InChI is InChI=1S/C12H12N2O/c1-9-11(4-3-6-13-9)10-5-7-14-12(8-10)15-2/h3-8H,1-2H3. The van der Waals surface area contributed by atoms with E-state index in [-0.39, 0.29) is 0 Å². The van der Waals surface area contributed by atoms with E-state index >= 15 is 0 Å². The van der Waals surface area contributed by atoms with Gasteiger partial charge in [0, 0.05) is 29.7 Å². The van der Waals surface area contributed by atoms with Crippen LogP contribution in [0.1, 0.15) is 5.69 Å². The minimum absolute atomic E-state index is 0.621. The molecule has 3 nitrogen and oxygen atoms in total. The van der Waals surface area contributed by atoms with E-state index < -0.39 is 0 Å². The molecule has 0 unspecified atom stereocenters. The van der Waals surface area contributed by atoms with Crippen molar-refractivity contribution in [2.45, 2.75) is 6.92 Å². The predicted molar refractivity (Wildman–Crippen MR) is 58.8 cm³/mol. The summed E-state index contributed by atoms with van der Waals surface area (Å²) in [6, 6.07) is 7.82. The first-order valence-electron chi connectivity index (χ1n) is 4.73. The van der Waals surface area contributed by atoms with E-state index in [1.807, 2.05) is 31.2 Å². The van der Waals surface area contributed by atoms with Crippen molar-refractivity contribution in [1.29, 1.82) is 0 Å². The van der Waals surface area contributed by atoms with Gasteiger partial charge in [-0.25, -0.2) is 4.98 Å². The molecule has 0 bridgehead atoms. The van der Waals surface area contributed by atoms with Crippen molar-refractivity contribution in [3.05, 3.63) is 42.4 Å². The molecule has 0 saturated heterocycles. The van der Waals surface area contributed by atoms with Crippen LogP contribution in [0.5, 0.6) is 5.88 Å². The molecule has 15 heavy (non-hydrogen) atoms. The van der Waals surface area contributed by atoms with Crippen molar-refractivity contribution in [3.8, 4) is 17.0 Å². The Labute approximate surface area is 88.8 Å². The zero-order chi connectivity index (χ0) is 10.7. The molecule has 2 aromatic heterocycles. The second kappa shape index (κ2) is 4.09. The highest BCUT2D eigenvalue weighted by atomic mass is 16.5. The fourth-order valence-corrected chi connectivity index (χ4v) is 1.48. The Bertz CT molecular complexity index is 469. The summed E-state index contributed by atoms with van der Waals surface area (Å²) in [5, 5.41) is 0. The first-order valence-corrected chi connectivity index (χ1v) is 4.73. The van der Waals surface area contributed by atoms with Gasteiger partial charge in [-0.05, 0) is 24.6 Å². The lowest BCUT2D eigenvalue weighted by Gasteiger charge is -2.05. The number of aryl methyl sites for hydroxylation is 1. The van der Waals surface area contributed by atoms with Crippen molar-refractivity contribution in [2.75, 3.05) is 7.11 Å². The molecule has 2 heterocycles. The largest absolute Gasteiger partial charge is 0.481 e. The average molecular weight is 200 g/mol. The van der Waals surface area contributed by atoms with Crippen molar-refractivity contribution < 1.29 is 4.74 Å². The minimum Gasteiger partial charge on any atom is -0.481 e. The molecule has 0 saturated carbocycles. The third kappa shape index (κ3) is 1.96. The molecular weight excluding hydrogens is 188 g/mol. The number of hydrogen-bond donors (Lipinski definition) is 0. The summed E-state index contributed by atoms with van der Waals surface area (Å²) in [7, 11) is 1.61. The molecule has 0 spiro atoms. The summed E-state index contributed by atoms with van der Waals surface area (Å²) in [6.07, 6.45) is 3.53. The highest BCUT2D eigenvalue weighted by Crippen LogP contribution is 2.23. The lowest BCUT2D eigenvalue weighted by atomic mass is 10.1. The molecular formula is C12H12N2O. The van der Waals surface area contributed by atoms with E-state index in [9.17, 15) is 0 Å². The summed E-state index contributed by atoms with van der Waals surface area (Å²) in [4.78, 5) is 8.32. The van der Waals surface area contributed by atoms with E-state index in [0.29, 0.717) is 5.88 Å². The molecule has 2 rings (SSSR count). The van der Waals surface area contributed by atoms with Gasteiger partial charge >= 0.3 is 0 Å². The Kier molecular flexibility index (Phi) is 2.63. The van der Waals surface area contributed by atoms with Gasteiger partial charge in [-0.1, -0.05) is 6.07 Å². The molecule has 0 aliphatic rings. The molecule has 0 aliphatic carbocycles. The topological polar surface area (TPSA) is 35.0 Å². The average Bonchev–Trinajstić information content (AvgIpc) is 2.30. The molecule has 0 atom stereocenters. The maximum atomic E-state index is 5.08. The SMILES string of the molecule is COc1cc(-c2cccnc2C)ccn1. The van der Waals surface area contributed by atoms with Crippen LogP contribution >= 0.6 is 0 Å². The lowest BCUT2D eigenvalue weighted by Crippen LogP contribution is -1.90. The normalized spacial score (nSPS) is 10.0. The molecule has 0 fully saturated rings. The summed E-state index contributed by atoms with van der Waals surface area (Å²) in [6.45, 7) is 1.99. The zero-order valence-electron chi connectivity index (χ0n) is 8.77. The molecule has 0 radical (unpaired) electrons. The molecule has 2 aromatic rings. The first-order chi connectivity index (χ1) is 7.31. The maximum Gasteiger partial charge on any atom is 0.213 e. The quantitative estimate of drug-likeness (QED) is 0.747. The number of pyridine rings is 2. The Morgan fingerprint density at radius 2 is 2.00 bits per heavy atom. The highest BCUT2D eigenvalue weighted by Gasteiger charge is 2.03. The second-order valence-corrected chi connectivity index (χ2v) is 3.22. The van der Waals surface area contributed by atoms with E-state index in [1.54, 1.807) is 19.5 Å². The van der Waals surface area contributed by atoms with E-state index in [2.05, 4.69) is 9.97 Å². The van der Waals surface area contributed by atoms with E-state index in [1.165, 1.54) is 0 Å². The van der Waals surface area contributed by atoms with Crippen LogP contribution in [0.4, 0.5) is 0 Å². The molecule has 0 N–H and O–H groups in total. The summed E-state index contributed by atoms with van der Waals surface area (Å²) in [5.74, 6) is 0.621. The smallest absolute Gasteiger partial charge is 0.213 e. The van der Waals surface area contributed by atoms with Gasteiger partial charge in [-0.3, -0.25) is 4.98 Å². The second-order valence-electron chi connectivity index (χ2n) is 3.22. The Morgan fingerprint density at radius 1 is 1.13 bits per heavy atom. The van der Waals surface area contributed by atoms with Crippen molar-refractivity contribution in [1.82, 2.24) is 9.97 Å². The third-order valence-corrected chi connectivity index (χ3v) is 2.26. The van der Waals surface area contributed by atoms with Gasteiger partial charge in [-0.15, -0.1) is 0 Å². The highest BCUT2D eigenvalue weighted by molar-refractivity contribution is 5.65. The predicted octanol–water partition coefficient (Wildman–Crippen LogP) is 2.46. The van der Waals surface area contributed by atoms with E-state index in [0.717, 1.165) is 16.8 Å². The van der Waals surface area contributed by atoms with Crippen LogP contribution < -0.4 is 4.74 Å². The van der Waals surface area contributed by atoms with Gasteiger partial charge in [-0.2, -0.15) is 0 Å². The van der Waals surface area contributed by atoms with E-state index in [4.69, 9.17) is 4.74 Å². The van der Waals surface area contributed by atoms with Crippen LogP contribution in [0.25, 0.3) is 11.1 Å². The van der Waals surface area contributed by atoms with Gasteiger partial charge < -0.3 is 4.74 Å². The first kappa shape index (κ1) is 9.65. The van der Waals surface area contributed by atoms with Gasteiger partial charge in [0.25, 0.3) is 0 Å². The molecule has 0 aliphatic heterocycles. The van der Waals surface area contributed by atoms with Crippen LogP contribution in [0.2, 0.25) is 0 Å². The number of ether oxygens (including phenoxy) is 1. The van der Waals surface area contributed by atoms with Crippen LogP contribution in [0.15, 0.2) is 36.7 Å². The minimum atomic E-state index is 0.621. The third-order valence-electron chi connectivity index (χ3n) is 2.26. The fourth-order valence-electron chi connectivity index (χ4n) is 1.48. The van der Waals surface area contributed by atoms with Crippen LogP contribution in [0.3, 0.4) is 0 Å². The summed E-state index contributed by atoms with van der Waals surface area (Å²) in [5.41, 5.74) is 3.19. The summed E-state index contributed by atoms with van der Waals surface area (Å²) >= 11 is 0. The van der Waals surface area contributed by atoms with Crippen LogP contribution in [-0.4, -0.2) is 17.1 Å². The van der Waals surface area contributed by atoms with Gasteiger partial charge in [0.05, 0.1) is 7.11 Å². The maximum absolute atomic E-state index is 5.08. The molecule has 3 heteroatoms. The van der Waals surface area contributed by atoms with Gasteiger partial charge in [0.15, 0.2) is 0 Å². The Morgan fingerprint density at radius 3 is 2.73 bits per heavy atom. The van der Waals surface area contributed by atoms with Crippen molar-refractivity contribution >= 4 is 0 Å². The molecule has 0 aromatic carbocycles. The summed E-state index contributed by atoms with van der Waals surface area (Å²) < 4.78 is 5.08. The van der Waals surface area contributed by atoms with Gasteiger partial charge in [0.1, 0.15) is 0 Å². The van der Waals surface area contributed by atoms with Crippen molar-refractivity contribution in [2.24, 2.45) is 0 Å². The number of rotatable bonds is 2.